The highest BCUT2D eigenvalue weighted by atomic mass is 32.1. The van der Waals surface area contributed by atoms with Gasteiger partial charge in [-0.2, -0.15) is 0 Å². The van der Waals surface area contributed by atoms with Gasteiger partial charge in [-0.3, -0.25) is 14.4 Å². The molecule has 0 saturated heterocycles. The van der Waals surface area contributed by atoms with Gasteiger partial charge in [0.05, 0.1) is 12.1 Å². The number of pyridine rings is 1. The molecule has 0 unspecified atom stereocenters. The second-order valence-electron chi connectivity index (χ2n) is 7.85. The van der Waals surface area contributed by atoms with Crippen molar-refractivity contribution in [3.8, 4) is 0 Å². The van der Waals surface area contributed by atoms with E-state index in [0.717, 1.165) is 17.0 Å². The standard InChI is InChI=1S/C26H17F2N3O3S/c27-21-7-5-15(11-22(21)28)14-31-9-1-4-18(26(31)34)24(32)29-16-6-8-23-19(12-16)20(25(33)30-23)13-17-3-2-10-35-17/h1-13H,14H2,(H,29,32)(H,30,33)/b20-13-. The second kappa shape index (κ2) is 9.11. The van der Waals surface area contributed by atoms with Gasteiger partial charge < -0.3 is 15.2 Å². The van der Waals surface area contributed by atoms with Crippen LogP contribution in [0.2, 0.25) is 0 Å². The summed E-state index contributed by atoms with van der Waals surface area (Å²) in [5, 5.41) is 7.42. The summed E-state index contributed by atoms with van der Waals surface area (Å²) in [6.07, 6.45) is 3.25. The molecule has 6 nitrogen and oxygen atoms in total. The van der Waals surface area contributed by atoms with Crippen LogP contribution in [0.5, 0.6) is 0 Å². The van der Waals surface area contributed by atoms with E-state index in [1.165, 1.54) is 40.3 Å². The zero-order chi connectivity index (χ0) is 24.5. The number of amides is 2. The van der Waals surface area contributed by atoms with Crippen LogP contribution in [0.3, 0.4) is 0 Å². The SMILES string of the molecule is O=C1Nc2ccc(NC(=O)c3cccn(Cc4ccc(F)c(F)c4)c3=O)cc2/C1=C/c1cccs1. The molecule has 9 heteroatoms. The highest BCUT2D eigenvalue weighted by Gasteiger charge is 2.25. The Morgan fingerprint density at radius 3 is 2.66 bits per heavy atom. The topological polar surface area (TPSA) is 80.2 Å². The van der Waals surface area contributed by atoms with Crippen LogP contribution < -0.4 is 16.2 Å². The number of nitrogens with zero attached hydrogens (tertiary/aromatic N) is 1. The number of anilines is 2. The fraction of sp³-hybridized carbons (Fsp3) is 0.0385. The number of aromatic nitrogens is 1. The van der Waals surface area contributed by atoms with E-state index in [9.17, 15) is 23.2 Å². The summed E-state index contributed by atoms with van der Waals surface area (Å²) < 4.78 is 28.0. The summed E-state index contributed by atoms with van der Waals surface area (Å²) in [7, 11) is 0. The third-order valence-electron chi connectivity index (χ3n) is 5.49. The lowest BCUT2D eigenvalue weighted by Crippen LogP contribution is -2.29. The maximum absolute atomic E-state index is 13.5. The molecule has 0 fully saturated rings. The molecule has 4 aromatic rings. The van der Waals surface area contributed by atoms with Gasteiger partial charge in [-0.15, -0.1) is 11.3 Å². The molecule has 0 saturated carbocycles. The highest BCUT2D eigenvalue weighted by molar-refractivity contribution is 7.11. The van der Waals surface area contributed by atoms with Crippen molar-refractivity contribution >= 4 is 46.2 Å². The molecule has 0 bridgehead atoms. The quantitative estimate of drug-likeness (QED) is 0.388. The van der Waals surface area contributed by atoms with E-state index in [0.29, 0.717) is 28.1 Å². The Balaban J connectivity index is 1.39. The van der Waals surface area contributed by atoms with E-state index in [1.54, 1.807) is 24.3 Å². The first kappa shape index (κ1) is 22.4. The molecule has 35 heavy (non-hydrogen) atoms. The molecule has 0 aliphatic carbocycles. The number of hydrogen-bond donors (Lipinski definition) is 2. The number of thiophene rings is 1. The lowest BCUT2D eigenvalue weighted by Gasteiger charge is -2.10. The number of halogens is 2. The van der Waals surface area contributed by atoms with Gasteiger partial charge in [-0.25, -0.2) is 8.78 Å². The molecule has 1 aliphatic rings. The fourth-order valence-corrected chi connectivity index (χ4v) is 4.45. The summed E-state index contributed by atoms with van der Waals surface area (Å²) in [5.74, 6) is -2.86. The first-order chi connectivity index (χ1) is 16.9. The minimum Gasteiger partial charge on any atom is -0.322 e. The Morgan fingerprint density at radius 2 is 1.89 bits per heavy atom. The van der Waals surface area contributed by atoms with Crippen molar-refractivity contribution in [2.75, 3.05) is 10.6 Å². The number of fused-ring (bicyclic) bond motifs is 1. The van der Waals surface area contributed by atoms with Crippen LogP contribution in [0.1, 0.15) is 26.4 Å². The Labute approximate surface area is 202 Å². The highest BCUT2D eigenvalue weighted by Crippen LogP contribution is 2.35. The maximum atomic E-state index is 13.5. The molecule has 2 aromatic heterocycles. The molecule has 2 N–H and O–H groups in total. The molecule has 0 spiro atoms. The van der Waals surface area contributed by atoms with Gasteiger partial charge >= 0.3 is 0 Å². The third-order valence-corrected chi connectivity index (χ3v) is 6.31. The van der Waals surface area contributed by atoms with Gasteiger partial charge in [0.2, 0.25) is 0 Å². The Kier molecular flexibility index (Phi) is 5.84. The molecule has 2 amide bonds. The van der Waals surface area contributed by atoms with Crippen LogP contribution in [0, 0.1) is 11.6 Å². The van der Waals surface area contributed by atoms with Crippen LogP contribution in [-0.4, -0.2) is 16.4 Å². The van der Waals surface area contributed by atoms with Crippen molar-refractivity contribution in [2.24, 2.45) is 0 Å². The summed E-state index contributed by atoms with van der Waals surface area (Å²) in [6, 6.07) is 15.1. The molecular weight excluding hydrogens is 472 g/mol. The second-order valence-corrected chi connectivity index (χ2v) is 8.82. The van der Waals surface area contributed by atoms with E-state index in [4.69, 9.17) is 0 Å². The predicted octanol–water partition coefficient (Wildman–Crippen LogP) is 4.98. The molecular formula is C26H17F2N3O3S. The van der Waals surface area contributed by atoms with Gasteiger partial charge in [0.25, 0.3) is 17.4 Å². The fourth-order valence-electron chi connectivity index (χ4n) is 3.79. The third kappa shape index (κ3) is 4.53. The largest absolute Gasteiger partial charge is 0.322 e. The number of rotatable bonds is 5. The summed E-state index contributed by atoms with van der Waals surface area (Å²) in [6.45, 7) is -0.0271. The van der Waals surface area contributed by atoms with Gasteiger partial charge in [-0.1, -0.05) is 12.1 Å². The van der Waals surface area contributed by atoms with Crippen LogP contribution in [0.25, 0.3) is 11.6 Å². The molecule has 5 rings (SSSR count). The van der Waals surface area contributed by atoms with Crippen molar-refractivity contribution in [3.05, 3.63) is 116 Å². The number of nitrogens with one attached hydrogen (secondary N) is 2. The van der Waals surface area contributed by atoms with Gasteiger partial charge in [0.1, 0.15) is 5.56 Å². The number of carbonyl (C=O) groups is 2. The number of hydrogen-bond acceptors (Lipinski definition) is 4. The van der Waals surface area contributed by atoms with Gasteiger partial charge in [0, 0.05) is 28.0 Å². The Morgan fingerprint density at radius 1 is 1.03 bits per heavy atom. The first-order valence-electron chi connectivity index (χ1n) is 10.5. The van der Waals surface area contributed by atoms with Crippen LogP contribution >= 0.6 is 11.3 Å². The number of carbonyl (C=O) groups excluding carboxylic acids is 2. The van der Waals surface area contributed by atoms with E-state index < -0.39 is 23.1 Å². The zero-order valence-corrected chi connectivity index (χ0v) is 18.9. The minimum absolute atomic E-state index is 0.0271. The summed E-state index contributed by atoms with van der Waals surface area (Å²) >= 11 is 1.50. The molecule has 1 aliphatic heterocycles. The van der Waals surface area contributed by atoms with Crippen LogP contribution in [-0.2, 0) is 11.3 Å². The lowest BCUT2D eigenvalue weighted by molar-refractivity contribution is -0.110. The van der Waals surface area contributed by atoms with E-state index in [2.05, 4.69) is 10.6 Å². The molecule has 174 valence electrons. The zero-order valence-electron chi connectivity index (χ0n) is 18.0. The van der Waals surface area contributed by atoms with Crippen molar-refractivity contribution in [1.82, 2.24) is 4.57 Å². The van der Waals surface area contributed by atoms with Crippen molar-refractivity contribution in [2.45, 2.75) is 6.54 Å². The Hall–Kier alpha value is -4.37. The normalized spacial score (nSPS) is 13.5. The summed E-state index contributed by atoms with van der Waals surface area (Å²) in [5.41, 5.74) is 1.86. The minimum atomic E-state index is -1.01. The van der Waals surface area contributed by atoms with E-state index in [1.807, 2.05) is 17.5 Å². The average Bonchev–Trinajstić information content (AvgIpc) is 3.46. The van der Waals surface area contributed by atoms with Crippen LogP contribution in [0.15, 0.2) is 77.0 Å². The van der Waals surface area contributed by atoms with Crippen molar-refractivity contribution in [3.63, 3.8) is 0 Å². The van der Waals surface area contributed by atoms with Gasteiger partial charge in [0.15, 0.2) is 11.6 Å². The maximum Gasteiger partial charge on any atom is 0.263 e. The van der Waals surface area contributed by atoms with E-state index in [-0.39, 0.29) is 18.0 Å². The summed E-state index contributed by atoms with van der Waals surface area (Å²) in [4.78, 5) is 39.2. The average molecular weight is 490 g/mol. The molecule has 2 aromatic carbocycles. The number of benzene rings is 2. The van der Waals surface area contributed by atoms with Crippen molar-refractivity contribution in [1.29, 1.82) is 0 Å². The molecule has 3 heterocycles. The first-order valence-corrected chi connectivity index (χ1v) is 11.4. The molecule has 0 atom stereocenters. The predicted molar refractivity (Wildman–Crippen MR) is 131 cm³/mol. The van der Waals surface area contributed by atoms with Gasteiger partial charge in [-0.05, 0) is 65.6 Å². The van der Waals surface area contributed by atoms with Crippen LogP contribution in [0.4, 0.5) is 20.2 Å². The Bertz CT molecular complexity index is 1560. The smallest absolute Gasteiger partial charge is 0.263 e. The van der Waals surface area contributed by atoms with Crippen molar-refractivity contribution < 1.29 is 18.4 Å². The molecule has 0 radical (unpaired) electrons. The van der Waals surface area contributed by atoms with E-state index >= 15 is 0 Å². The monoisotopic (exact) mass is 489 g/mol. The lowest BCUT2D eigenvalue weighted by atomic mass is 10.1.